The second kappa shape index (κ2) is 2.71. The zero-order chi connectivity index (χ0) is 8.72. The monoisotopic (exact) mass is 170 g/mol. The number of rotatable bonds is 2. The highest BCUT2D eigenvalue weighted by atomic mass is 16.7. The van der Waals surface area contributed by atoms with E-state index in [2.05, 4.69) is 5.32 Å². The molecule has 2 fully saturated rings. The highest BCUT2D eigenvalue weighted by Gasteiger charge is 2.57. The summed E-state index contributed by atoms with van der Waals surface area (Å²) in [4.78, 5) is 16.4. The van der Waals surface area contributed by atoms with E-state index in [1.54, 1.807) is 7.05 Å². The van der Waals surface area contributed by atoms with Crippen LogP contribution in [0.1, 0.15) is 0 Å². The lowest BCUT2D eigenvalue weighted by atomic mass is 10.2. The topological polar surface area (TPSA) is 41.6 Å². The quantitative estimate of drug-likeness (QED) is 0.566. The molecule has 1 heterocycles. The molecule has 1 saturated heterocycles. The van der Waals surface area contributed by atoms with Gasteiger partial charge in [0.15, 0.2) is 0 Å². The Morgan fingerprint density at radius 1 is 1.50 bits per heavy atom. The fourth-order valence-corrected chi connectivity index (χ4v) is 2.08. The Morgan fingerprint density at radius 2 is 2.08 bits per heavy atom. The second-order valence-corrected chi connectivity index (χ2v) is 3.53. The molecule has 12 heavy (non-hydrogen) atoms. The molecule has 2 rings (SSSR count). The molecule has 0 radical (unpaired) electrons. The normalized spacial score (nSPS) is 37.7. The molecular weight excluding hydrogens is 156 g/mol. The van der Waals surface area contributed by atoms with Crippen LogP contribution in [-0.2, 0) is 9.63 Å². The summed E-state index contributed by atoms with van der Waals surface area (Å²) in [6, 6.07) is 0. The number of carbonyl (C=O) groups excluding carboxylic acids is 1. The number of hydrogen-bond donors (Lipinski definition) is 1. The maximum Gasteiger partial charge on any atom is 0.249 e. The standard InChI is InChI=1S/C8H14N2O2/c1-10(12-2)8(11)7-5-3-9-4-6(5)7/h5-7,9H,3-4H2,1-2H3/t5-,6+,7+. The highest BCUT2D eigenvalue weighted by Crippen LogP contribution is 2.49. The molecule has 0 aromatic rings. The summed E-state index contributed by atoms with van der Waals surface area (Å²) in [7, 11) is 3.19. The maximum absolute atomic E-state index is 11.5. The molecule has 4 heteroatoms. The molecule has 3 atom stereocenters. The molecule has 1 aliphatic carbocycles. The molecule has 0 aromatic carbocycles. The molecule has 1 aliphatic heterocycles. The summed E-state index contributed by atoms with van der Waals surface area (Å²) in [5.41, 5.74) is 0. The summed E-state index contributed by atoms with van der Waals surface area (Å²) >= 11 is 0. The molecule has 0 bridgehead atoms. The molecule has 1 saturated carbocycles. The van der Waals surface area contributed by atoms with Crippen LogP contribution in [0.2, 0.25) is 0 Å². The number of hydroxylamine groups is 2. The lowest BCUT2D eigenvalue weighted by Gasteiger charge is -2.14. The Balaban J connectivity index is 1.91. The van der Waals surface area contributed by atoms with Crippen LogP contribution >= 0.6 is 0 Å². The van der Waals surface area contributed by atoms with E-state index in [-0.39, 0.29) is 11.8 Å². The Kier molecular flexibility index (Phi) is 1.81. The molecule has 0 unspecified atom stereocenters. The van der Waals surface area contributed by atoms with E-state index in [9.17, 15) is 4.79 Å². The molecule has 0 aromatic heterocycles. The minimum absolute atomic E-state index is 0.133. The fourth-order valence-electron chi connectivity index (χ4n) is 2.08. The van der Waals surface area contributed by atoms with Crippen molar-refractivity contribution in [1.29, 1.82) is 0 Å². The van der Waals surface area contributed by atoms with Gasteiger partial charge >= 0.3 is 0 Å². The van der Waals surface area contributed by atoms with E-state index in [1.165, 1.54) is 12.2 Å². The van der Waals surface area contributed by atoms with Crippen LogP contribution < -0.4 is 5.32 Å². The Bertz CT molecular complexity index is 197. The second-order valence-electron chi connectivity index (χ2n) is 3.53. The van der Waals surface area contributed by atoms with Crippen molar-refractivity contribution in [3.63, 3.8) is 0 Å². The smallest absolute Gasteiger partial charge is 0.249 e. The SMILES string of the molecule is CON(C)C(=O)[C@H]1[C@@H]2CNC[C@@H]21. The first-order chi connectivity index (χ1) is 5.75. The van der Waals surface area contributed by atoms with Gasteiger partial charge in [0.25, 0.3) is 0 Å². The van der Waals surface area contributed by atoms with E-state index in [4.69, 9.17) is 4.84 Å². The van der Waals surface area contributed by atoms with Gasteiger partial charge in [0.05, 0.1) is 7.11 Å². The van der Waals surface area contributed by atoms with Crippen molar-refractivity contribution in [2.24, 2.45) is 17.8 Å². The average Bonchev–Trinajstić information content (AvgIpc) is 2.56. The third-order valence-corrected chi connectivity index (χ3v) is 2.96. The van der Waals surface area contributed by atoms with Crippen LogP contribution in [0, 0.1) is 17.8 Å². The number of hydrogen-bond acceptors (Lipinski definition) is 3. The van der Waals surface area contributed by atoms with Crippen molar-refractivity contribution in [3.05, 3.63) is 0 Å². The first kappa shape index (κ1) is 8.01. The van der Waals surface area contributed by atoms with Crippen LogP contribution in [0.5, 0.6) is 0 Å². The fraction of sp³-hybridized carbons (Fsp3) is 0.875. The summed E-state index contributed by atoms with van der Waals surface area (Å²) in [5.74, 6) is 1.52. The van der Waals surface area contributed by atoms with Gasteiger partial charge in [0.2, 0.25) is 5.91 Å². The van der Waals surface area contributed by atoms with Crippen molar-refractivity contribution in [2.45, 2.75) is 0 Å². The van der Waals surface area contributed by atoms with E-state index in [1.807, 2.05) is 0 Å². The first-order valence-corrected chi connectivity index (χ1v) is 4.28. The summed E-state index contributed by atoms with van der Waals surface area (Å²) < 4.78 is 0. The van der Waals surface area contributed by atoms with Crippen LogP contribution in [0.4, 0.5) is 0 Å². The molecule has 1 amide bonds. The summed E-state index contributed by atoms with van der Waals surface area (Å²) in [6.45, 7) is 2.00. The molecule has 2 aliphatic rings. The van der Waals surface area contributed by atoms with Gasteiger partial charge in [-0.2, -0.15) is 0 Å². The van der Waals surface area contributed by atoms with Crippen molar-refractivity contribution in [3.8, 4) is 0 Å². The van der Waals surface area contributed by atoms with Gasteiger partial charge in [0, 0.05) is 13.0 Å². The number of nitrogens with zero attached hydrogens (tertiary/aromatic N) is 1. The lowest BCUT2D eigenvalue weighted by molar-refractivity contribution is -0.171. The van der Waals surface area contributed by atoms with E-state index >= 15 is 0 Å². The van der Waals surface area contributed by atoms with Crippen LogP contribution in [0.25, 0.3) is 0 Å². The third kappa shape index (κ3) is 1.03. The number of carbonyl (C=O) groups is 1. The van der Waals surface area contributed by atoms with Gasteiger partial charge in [0.1, 0.15) is 0 Å². The number of amides is 1. The zero-order valence-electron chi connectivity index (χ0n) is 7.41. The molecule has 68 valence electrons. The van der Waals surface area contributed by atoms with Gasteiger partial charge in [-0.25, -0.2) is 5.06 Å². The Hall–Kier alpha value is -0.610. The van der Waals surface area contributed by atoms with Crippen LogP contribution in [0.3, 0.4) is 0 Å². The number of piperidine rings is 1. The van der Waals surface area contributed by atoms with Gasteiger partial charge in [-0.15, -0.1) is 0 Å². The molecular formula is C8H14N2O2. The van der Waals surface area contributed by atoms with Crippen molar-refractivity contribution in [2.75, 3.05) is 27.2 Å². The number of fused-ring (bicyclic) bond motifs is 1. The molecule has 1 N–H and O–H groups in total. The summed E-state index contributed by atoms with van der Waals surface area (Å²) in [5, 5.41) is 4.59. The van der Waals surface area contributed by atoms with Gasteiger partial charge < -0.3 is 5.32 Å². The minimum Gasteiger partial charge on any atom is -0.316 e. The van der Waals surface area contributed by atoms with Gasteiger partial charge in [-0.3, -0.25) is 9.63 Å². The lowest BCUT2D eigenvalue weighted by Crippen LogP contribution is -2.30. The van der Waals surface area contributed by atoms with E-state index in [0.29, 0.717) is 11.8 Å². The predicted molar refractivity (Wildman–Crippen MR) is 43.1 cm³/mol. The van der Waals surface area contributed by atoms with Crippen LogP contribution in [0.15, 0.2) is 0 Å². The van der Waals surface area contributed by atoms with Crippen molar-refractivity contribution >= 4 is 5.91 Å². The van der Waals surface area contributed by atoms with Gasteiger partial charge in [-0.1, -0.05) is 0 Å². The van der Waals surface area contributed by atoms with Crippen molar-refractivity contribution < 1.29 is 9.63 Å². The summed E-state index contributed by atoms with van der Waals surface area (Å²) in [6.07, 6.45) is 0. The minimum atomic E-state index is 0.133. The highest BCUT2D eigenvalue weighted by molar-refractivity contribution is 5.81. The average molecular weight is 170 g/mol. The third-order valence-electron chi connectivity index (χ3n) is 2.96. The molecule has 4 nitrogen and oxygen atoms in total. The molecule has 0 spiro atoms. The van der Waals surface area contributed by atoms with Gasteiger partial charge in [-0.05, 0) is 24.9 Å². The van der Waals surface area contributed by atoms with Crippen molar-refractivity contribution in [1.82, 2.24) is 10.4 Å². The Labute approximate surface area is 71.8 Å². The van der Waals surface area contributed by atoms with E-state index in [0.717, 1.165) is 13.1 Å². The first-order valence-electron chi connectivity index (χ1n) is 4.28. The predicted octanol–water partition coefficient (Wildman–Crippen LogP) is -0.528. The Morgan fingerprint density at radius 3 is 2.58 bits per heavy atom. The largest absolute Gasteiger partial charge is 0.316 e. The van der Waals surface area contributed by atoms with E-state index < -0.39 is 0 Å². The maximum atomic E-state index is 11.5. The van der Waals surface area contributed by atoms with Crippen LogP contribution in [-0.4, -0.2) is 38.2 Å². The zero-order valence-corrected chi connectivity index (χ0v) is 7.41. The number of nitrogens with one attached hydrogen (secondary N) is 1.